The van der Waals surface area contributed by atoms with Gasteiger partial charge in [0, 0.05) is 31.0 Å². The molecule has 3 rings (SSSR count). The summed E-state index contributed by atoms with van der Waals surface area (Å²) >= 11 is 0. The van der Waals surface area contributed by atoms with E-state index in [4.69, 9.17) is 0 Å². The summed E-state index contributed by atoms with van der Waals surface area (Å²) in [7, 11) is 0. The first-order chi connectivity index (χ1) is 11.6. The molecule has 1 fully saturated rings. The number of nitrogens with one attached hydrogen (secondary N) is 1. The summed E-state index contributed by atoms with van der Waals surface area (Å²) in [6.45, 7) is 5.99. The second kappa shape index (κ2) is 7.43. The van der Waals surface area contributed by atoms with Crippen molar-refractivity contribution in [1.29, 1.82) is 0 Å². The molecule has 1 aromatic carbocycles. The van der Waals surface area contributed by atoms with Crippen molar-refractivity contribution in [1.82, 2.24) is 15.3 Å². The van der Waals surface area contributed by atoms with E-state index >= 15 is 0 Å². The number of carbonyl (C=O) groups excluding carboxylic acids is 1. The summed E-state index contributed by atoms with van der Waals surface area (Å²) in [6, 6.07) is 10.6. The van der Waals surface area contributed by atoms with Crippen molar-refractivity contribution >= 4 is 11.6 Å². The third-order valence-electron chi connectivity index (χ3n) is 4.49. The van der Waals surface area contributed by atoms with Crippen LogP contribution in [0.2, 0.25) is 0 Å². The van der Waals surface area contributed by atoms with E-state index in [0.717, 1.165) is 31.6 Å². The van der Waals surface area contributed by atoms with Gasteiger partial charge in [0.15, 0.2) is 0 Å². The van der Waals surface area contributed by atoms with E-state index < -0.39 is 0 Å². The van der Waals surface area contributed by atoms with Crippen LogP contribution in [0.5, 0.6) is 0 Å². The van der Waals surface area contributed by atoms with E-state index in [1.807, 2.05) is 19.9 Å². The summed E-state index contributed by atoms with van der Waals surface area (Å²) in [5.41, 5.74) is 2.66. The molecule has 5 nitrogen and oxygen atoms in total. The van der Waals surface area contributed by atoms with Gasteiger partial charge in [-0.25, -0.2) is 9.97 Å². The first-order valence-electron chi connectivity index (χ1n) is 8.56. The van der Waals surface area contributed by atoms with Gasteiger partial charge in [-0.1, -0.05) is 32.0 Å². The number of nitrogens with zero attached hydrogens (tertiary/aromatic N) is 3. The van der Waals surface area contributed by atoms with Crippen molar-refractivity contribution < 1.29 is 4.79 Å². The number of para-hydroxylation sites is 1. The van der Waals surface area contributed by atoms with Crippen LogP contribution < -0.4 is 10.2 Å². The Balaban J connectivity index is 1.59. The highest BCUT2D eigenvalue weighted by molar-refractivity contribution is 5.95. The lowest BCUT2D eigenvalue weighted by Gasteiger charge is -2.34. The number of rotatable bonds is 4. The van der Waals surface area contributed by atoms with Crippen molar-refractivity contribution in [3.8, 4) is 0 Å². The summed E-state index contributed by atoms with van der Waals surface area (Å²) in [5.74, 6) is 0.145. The Kier molecular flexibility index (Phi) is 5.08. The molecule has 1 aromatic heterocycles. The number of aromatic nitrogens is 2. The average Bonchev–Trinajstić information content (AvgIpc) is 2.63. The zero-order chi connectivity index (χ0) is 16.9. The van der Waals surface area contributed by atoms with E-state index in [2.05, 4.69) is 44.5 Å². The average molecular weight is 324 g/mol. The van der Waals surface area contributed by atoms with Crippen LogP contribution in [0.15, 0.2) is 42.9 Å². The minimum Gasteiger partial charge on any atom is -0.371 e. The lowest BCUT2D eigenvalue weighted by Crippen LogP contribution is -2.45. The Morgan fingerprint density at radius 1 is 1.21 bits per heavy atom. The van der Waals surface area contributed by atoms with Gasteiger partial charge in [0.05, 0.1) is 11.3 Å². The molecule has 1 amide bonds. The topological polar surface area (TPSA) is 58.1 Å². The van der Waals surface area contributed by atoms with Gasteiger partial charge in [-0.05, 0) is 30.9 Å². The zero-order valence-corrected chi connectivity index (χ0v) is 14.3. The van der Waals surface area contributed by atoms with E-state index in [9.17, 15) is 4.79 Å². The van der Waals surface area contributed by atoms with Crippen molar-refractivity contribution in [2.45, 2.75) is 38.6 Å². The van der Waals surface area contributed by atoms with Crippen LogP contribution in [0.3, 0.4) is 0 Å². The molecular formula is C19H24N4O. The number of hydrogen-bond acceptors (Lipinski definition) is 4. The highest BCUT2D eigenvalue weighted by Crippen LogP contribution is 2.20. The predicted molar refractivity (Wildman–Crippen MR) is 95.3 cm³/mol. The Hall–Kier alpha value is -2.43. The standard InChI is InChI=1S/C19H24N4O/c1-14(2)18-17(12-20-13-21-18)19(24)22-15-8-10-23(11-9-15)16-6-4-3-5-7-16/h3-7,12-15H,8-11H2,1-2H3,(H,22,24). The maximum atomic E-state index is 12.6. The number of hydrogen-bond donors (Lipinski definition) is 1. The fourth-order valence-corrected chi connectivity index (χ4v) is 3.16. The van der Waals surface area contributed by atoms with Crippen LogP contribution >= 0.6 is 0 Å². The lowest BCUT2D eigenvalue weighted by molar-refractivity contribution is 0.0929. The first kappa shape index (κ1) is 16.4. The summed E-state index contributed by atoms with van der Waals surface area (Å²) in [5, 5.41) is 3.16. The minimum atomic E-state index is -0.0579. The second-order valence-electron chi connectivity index (χ2n) is 6.55. The molecule has 0 aliphatic carbocycles. The van der Waals surface area contributed by atoms with Crippen LogP contribution in [-0.2, 0) is 0 Å². The molecule has 126 valence electrons. The molecule has 0 bridgehead atoms. The van der Waals surface area contributed by atoms with Gasteiger partial charge in [0.25, 0.3) is 5.91 Å². The van der Waals surface area contributed by atoms with Gasteiger partial charge < -0.3 is 10.2 Å². The Labute approximate surface area is 143 Å². The van der Waals surface area contributed by atoms with Gasteiger partial charge in [-0.15, -0.1) is 0 Å². The molecule has 1 aliphatic rings. The molecule has 1 aliphatic heterocycles. The van der Waals surface area contributed by atoms with Gasteiger partial charge in [-0.3, -0.25) is 4.79 Å². The maximum Gasteiger partial charge on any atom is 0.254 e. The smallest absolute Gasteiger partial charge is 0.254 e. The minimum absolute atomic E-state index is 0.0579. The monoisotopic (exact) mass is 324 g/mol. The molecule has 0 atom stereocenters. The summed E-state index contributed by atoms with van der Waals surface area (Å²) in [4.78, 5) is 23.2. The molecule has 5 heteroatoms. The molecule has 1 saturated heterocycles. The zero-order valence-electron chi connectivity index (χ0n) is 14.3. The van der Waals surface area contributed by atoms with Crippen LogP contribution in [0.1, 0.15) is 48.7 Å². The highest BCUT2D eigenvalue weighted by Gasteiger charge is 2.23. The van der Waals surface area contributed by atoms with Crippen molar-refractivity contribution in [2.75, 3.05) is 18.0 Å². The quantitative estimate of drug-likeness (QED) is 0.939. The third kappa shape index (κ3) is 3.72. The third-order valence-corrected chi connectivity index (χ3v) is 4.49. The number of benzene rings is 1. The van der Waals surface area contributed by atoms with Gasteiger partial charge in [0.2, 0.25) is 0 Å². The number of carbonyl (C=O) groups is 1. The Bertz CT molecular complexity index is 679. The number of amides is 1. The summed E-state index contributed by atoms with van der Waals surface area (Å²) in [6.07, 6.45) is 5.03. The van der Waals surface area contributed by atoms with Gasteiger partial charge in [0.1, 0.15) is 6.33 Å². The van der Waals surface area contributed by atoms with Crippen LogP contribution in [0.4, 0.5) is 5.69 Å². The second-order valence-corrected chi connectivity index (χ2v) is 6.55. The van der Waals surface area contributed by atoms with Gasteiger partial charge in [-0.2, -0.15) is 0 Å². The highest BCUT2D eigenvalue weighted by atomic mass is 16.1. The van der Waals surface area contributed by atoms with Gasteiger partial charge >= 0.3 is 0 Å². The van der Waals surface area contributed by atoms with E-state index in [-0.39, 0.29) is 17.9 Å². The van der Waals surface area contributed by atoms with E-state index in [0.29, 0.717) is 5.56 Å². The molecule has 1 N–H and O–H groups in total. The first-order valence-corrected chi connectivity index (χ1v) is 8.56. The maximum absolute atomic E-state index is 12.6. The fourth-order valence-electron chi connectivity index (χ4n) is 3.16. The SMILES string of the molecule is CC(C)c1ncncc1C(=O)NC1CCN(c2ccccc2)CC1. The van der Waals surface area contributed by atoms with Crippen molar-refractivity contribution in [3.63, 3.8) is 0 Å². The molecule has 0 unspecified atom stereocenters. The molecule has 24 heavy (non-hydrogen) atoms. The number of anilines is 1. The summed E-state index contributed by atoms with van der Waals surface area (Å²) < 4.78 is 0. The molecule has 2 aromatic rings. The number of piperidine rings is 1. The molecule has 0 radical (unpaired) electrons. The normalized spacial score (nSPS) is 15.5. The van der Waals surface area contributed by atoms with E-state index in [1.54, 1.807) is 6.20 Å². The molecule has 0 spiro atoms. The predicted octanol–water partition coefficient (Wildman–Crippen LogP) is 3.00. The largest absolute Gasteiger partial charge is 0.371 e. The Morgan fingerprint density at radius 2 is 1.92 bits per heavy atom. The van der Waals surface area contributed by atoms with Crippen LogP contribution in [0, 0.1) is 0 Å². The molecular weight excluding hydrogens is 300 g/mol. The molecule has 0 saturated carbocycles. The Morgan fingerprint density at radius 3 is 2.58 bits per heavy atom. The van der Waals surface area contributed by atoms with Crippen molar-refractivity contribution in [3.05, 3.63) is 54.1 Å². The van der Waals surface area contributed by atoms with Crippen LogP contribution in [-0.4, -0.2) is 35.0 Å². The van der Waals surface area contributed by atoms with Crippen molar-refractivity contribution in [2.24, 2.45) is 0 Å². The fraction of sp³-hybridized carbons (Fsp3) is 0.421. The molecule has 2 heterocycles. The van der Waals surface area contributed by atoms with E-state index in [1.165, 1.54) is 12.0 Å². The van der Waals surface area contributed by atoms with Crippen LogP contribution in [0.25, 0.3) is 0 Å². The lowest BCUT2D eigenvalue weighted by atomic mass is 10.0.